The van der Waals surface area contributed by atoms with Crippen molar-refractivity contribution in [3.8, 4) is 0 Å². The Kier molecular flexibility index (Phi) is 4.22. The lowest BCUT2D eigenvalue weighted by Gasteiger charge is -2.16. The lowest BCUT2D eigenvalue weighted by Crippen LogP contribution is -2.26. The molecule has 13 heavy (non-hydrogen) atoms. The number of rotatable bonds is 4. The minimum absolute atomic E-state index is 0.0758. The van der Waals surface area contributed by atoms with Crippen molar-refractivity contribution in [2.45, 2.75) is 32.1 Å². The number of carbonyl (C=O) groups excluding carboxylic acids is 1. The maximum atomic E-state index is 11.2. The summed E-state index contributed by atoms with van der Waals surface area (Å²) in [6.45, 7) is 0.420. The Bertz CT molecular complexity index is 164. The summed E-state index contributed by atoms with van der Waals surface area (Å²) in [5.74, 6) is 0.482. The molecular formula is C10H19NO2. The van der Waals surface area contributed by atoms with Gasteiger partial charge in [-0.15, -0.1) is 0 Å². The highest BCUT2D eigenvalue weighted by molar-refractivity contribution is 5.72. The third-order valence-corrected chi connectivity index (χ3v) is 2.91. The highest BCUT2D eigenvalue weighted by Gasteiger charge is 2.24. The van der Waals surface area contributed by atoms with Crippen LogP contribution in [-0.4, -0.2) is 19.6 Å². The van der Waals surface area contributed by atoms with Crippen LogP contribution in [0.2, 0.25) is 0 Å². The van der Waals surface area contributed by atoms with Gasteiger partial charge in [0.15, 0.2) is 0 Å². The average Bonchev–Trinajstić information content (AvgIpc) is 2.65. The molecule has 0 heterocycles. The molecule has 1 aliphatic carbocycles. The molecule has 3 heteroatoms. The van der Waals surface area contributed by atoms with Gasteiger partial charge in [0.1, 0.15) is 0 Å². The quantitative estimate of drug-likeness (QED) is 0.672. The summed E-state index contributed by atoms with van der Waals surface area (Å²) in [6, 6.07) is 0. The summed E-state index contributed by atoms with van der Waals surface area (Å²) in [7, 11) is 1.43. The lowest BCUT2D eigenvalue weighted by molar-refractivity contribution is -0.145. The average molecular weight is 185 g/mol. The Morgan fingerprint density at radius 1 is 1.54 bits per heavy atom. The first kappa shape index (κ1) is 10.5. The second kappa shape index (κ2) is 5.22. The maximum absolute atomic E-state index is 11.2. The van der Waals surface area contributed by atoms with Gasteiger partial charge in [0.25, 0.3) is 0 Å². The van der Waals surface area contributed by atoms with Crippen molar-refractivity contribution < 1.29 is 9.53 Å². The molecule has 1 aliphatic rings. The van der Waals surface area contributed by atoms with E-state index in [4.69, 9.17) is 10.5 Å². The largest absolute Gasteiger partial charge is 0.469 e. The van der Waals surface area contributed by atoms with Crippen molar-refractivity contribution in [2.24, 2.45) is 17.6 Å². The third-order valence-electron chi connectivity index (χ3n) is 2.91. The number of carbonyl (C=O) groups is 1. The van der Waals surface area contributed by atoms with Crippen LogP contribution in [0.3, 0.4) is 0 Å². The summed E-state index contributed by atoms with van der Waals surface area (Å²) >= 11 is 0. The molecule has 0 aromatic rings. The van der Waals surface area contributed by atoms with E-state index in [9.17, 15) is 4.79 Å². The van der Waals surface area contributed by atoms with E-state index in [1.807, 2.05) is 0 Å². The van der Waals surface area contributed by atoms with Gasteiger partial charge in [-0.25, -0.2) is 0 Å². The summed E-state index contributed by atoms with van der Waals surface area (Å²) in [6.07, 6.45) is 6.05. The van der Waals surface area contributed by atoms with Gasteiger partial charge >= 0.3 is 5.97 Å². The summed E-state index contributed by atoms with van der Waals surface area (Å²) in [5.41, 5.74) is 5.53. The smallest absolute Gasteiger partial charge is 0.309 e. The number of hydrogen-bond acceptors (Lipinski definition) is 3. The van der Waals surface area contributed by atoms with Gasteiger partial charge in [0.2, 0.25) is 0 Å². The van der Waals surface area contributed by atoms with Crippen LogP contribution in [0, 0.1) is 11.8 Å². The molecule has 2 N–H and O–H groups in total. The first-order chi connectivity index (χ1) is 6.27. The summed E-state index contributed by atoms with van der Waals surface area (Å²) in [4.78, 5) is 11.2. The number of methoxy groups -OCH3 is 1. The third kappa shape index (κ3) is 2.99. The molecule has 0 aromatic heterocycles. The fourth-order valence-electron chi connectivity index (χ4n) is 2.10. The molecule has 3 nitrogen and oxygen atoms in total. The monoisotopic (exact) mass is 185 g/mol. The van der Waals surface area contributed by atoms with Gasteiger partial charge in [-0.3, -0.25) is 4.79 Å². The van der Waals surface area contributed by atoms with Crippen LogP contribution < -0.4 is 5.73 Å². The van der Waals surface area contributed by atoms with E-state index < -0.39 is 0 Å². The molecule has 0 saturated heterocycles. The molecule has 1 fully saturated rings. The topological polar surface area (TPSA) is 52.3 Å². The molecule has 0 amide bonds. The van der Waals surface area contributed by atoms with E-state index >= 15 is 0 Å². The minimum Gasteiger partial charge on any atom is -0.469 e. The highest BCUT2D eigenvalue weighted by Crippen LogP contribution is 2.30. The molecule has 1 rings (SSSR count). The molecule has 1 saturated carbocycles. The van der Waals surface area contributed by atoms with Crippen molar-refractivity contribution in [2.75, 3.05) is 13.7 Å². The second-order valence-electron chi connectivity index (χ2n) is 3.84. The normalized spacial score (nSPS) is 20.2. The number of ether oxygens (including phenoxy) is 1. The van der Waals surface area contributed by atoms with E-state index in [0.29, 0.717) is 12.5 Å². The molecule has 1 atom stereocenters. The molecule has 76 valence electrons. The van der Waals surface area contributed by atoms with Crippen LogP contribution >= 0.6 is 0 Å². The van der Waals surface area contributed by atoms with Crippen LogP contribution in [0.1, 0.15) is 32.1 Å². The zero-order valence-corrected chi connectivity index (χ0v) is 8.29. The van der Waals surface area contributed by atoms with Crippen LogP contribution in [0.4, 0.5) is 0 Å². The van der Waals surface area contributed by atoms with Gasteiger partial charge in [0.05, 0.1) is 13.0 Å². The van der Waals surface area contributed by atoms with Crippen molar-refractivity contribution >= 4 is 5.97 Å². The standard InChI is InChI=1S/C10H19NO2/c1-13-10(12)9(7-11)6-8-4-2-3-5-8/h8-9H,2-7,11H2,1H3. The maximum Gasteiger partial charge on any atom is 0.309 e. The van der Waals surface area contributed by atoms with Crippen LogP contribution in [-0.2, 0) is 9.53 Å². The Morgan fingerprint density at radius 2 is 2.15 bits per heavy atom. The summed E-state index contributed by atoms with van der Waals surface area (Å²) in [5, 5.41) is 0. The first-order valence-electron chi connectivity index (χ1n) is 5.05. The molecule has 0 aliphatic heterocycles. The Labute approximate surface area is 79.6 Å². The van der Waals surface area contributed by atoms with Gasteiger partial charge in [-0.2, -0.15) is 0 Å². The van der Waals surface area contributed by atoms with Crippen LogP contribution in [0.15, 0.2) is 0 Å². The number of nitrogens with two attached hydrogens (primary N) is 1. The van der Waals surface area contributed by atoms with E-state index in [-0.39, 0.29) is 11.9 Å². The Balaban J connectivity index is 2.33. The van der Waals surface area contributed by atoms with E-state index in [1.54, 1.807) is 0 Å². The first-order valence-corrected chi connectivity index (χ1v) is 5.05. The fourth-order valence-corrected chi connectivity index (χ4v) is 2.10. The summed E-state index contributed by atoms with van der Waals surface area (Å²) < 4.78 is 4.69. The molecule has 1 unspecified atom stereocenters. The van der Waals surface area contributed by atoms with Gasteiger partial charge in [-0.1, -0.05) is 25.7 Å². The molecule has 0 aromatic carbocycles. The SMILES string of the molecule is COC(=O)C(CN)CC1CCCC1. The zero-order chi connectivity index (χ0) is 9.68. The molecule has 0 spiro atoms. The predicted octanol–water partition coefficient (Wildman–Crippen LogP) is 1.31. The van der Waals surface area contributed by atoms with Crippen molar-refractivity contribution in [3.63, 3.8) is 0 Å². The van der Waals surface area contributed by atoms with Crippen molar-refractivity contribution in [3.05, 3.63) is 0 Å². The Morgan fingerprint density at radius 3 is 2.62 bits per heavy atom. The molecule has 0 bridgehead atoms. The minimum atomic E-state index is -0.144. The van der Waals surface area contributed by atoms with Crippen LogP contribution in [0.5, 0.6) is 0 Å². The van der Waals surface area contributed by atoms with Crippen molar-refractivity contribution in [1.29, 1.82) is 0 Å². The van der Waals surface area contributed by atoms with E-state index in [1.165, 1.54) is 32.8 Å². The van der Waals surface area contributed by atoms with Gasteiger partial charge in [0, 0.05) is 6.54 Å². The lowest BCUT2D eigenvalue weighted by atomic mass is 9.93. The van der Waals surface area contributed by atoms with Gasteiger partial charge in [-0.05, 0) is 12.3 Å². The molecular weight excluding hydrogens is 166 g/mol. The fraction of sp³-hybridized carbons (Fsp3) is 0.900. The highest BCUT2D eigenvalue weighted by atomic mass is 16.5. The van der Waals surface area contributed by atoms with E-state index in [0.717, 1.165) is 6.42 Å². The van der Waals surface area contributed by atoms with E-state index in [2.05, 4.69) is 0 Å². The second-order valence-corrected chi connectivity index (χ2v) is 3.84. The predicted molar refractivity (Wildman–Crippen MR) is 51.1 cm³/mol. The molecule has 0 radical (unpaired) electrons. The number of esters is 1. The van der Waals surface area contributed by atoms with Crippen LogP contribution in [0.25, 0.3) is 0 Å². The Hall–Kier alpha value is -0.570. The zero-order valence-electron chi connectivity index (χ0n) is 8.29. The van der Waals surface area contributed by atoms with Crippen molar-refractivity contribution in [1.82, 2.24) is 0 Å². The number of hydrogen-bond donors (Lipinski definition) is 1. The van der Waals surface area contributed by atoms with Gasteiger partial charge < -0.3 is 10.5 Å².